The zero-order valence-electron chi connectivity index (χ0n) is 16.9. The Hall–Kier alpha value is -1.55. The van der Waals surface area contributed by atoms with Crippen molar-refractivity contribution in [2.45, 2.75) is 25.7 Å². The summed E-state index contributed by atoms with van der Waals surface area (Å²) in [6.07, 6.45) is 3.94. The average molecular weight is 446 g/mol. The van der Waals surface area contributed by atoms with Crippen molar-refractivity contribution in [3.63, 3.8) is 0 Å². The number of nitrogens with zero attached hydrogens (tertiary/aromatic N) is 3. The summed E-state index contributed by atoms with van der Waals surface area (Å²) in [5, 5.41) is 0.289. The first kappa shape index (κ1) is 22.1. The SMILES string of the molecule is COc1cc(C(=O)N2CCN(S(=O)(=O)N3CCCCCC3)CC2)cc(Cl)c1OC. The fourth-order valence-corrected chi connectivity index (χ4v) is 5.74. The highest BCUT2D eigenvalue weighted by Gasteiger charge is 2.34. The van der Waals surface area contributed by atoms with Gasteiger partial charge in [-0.05, 0) is 25.0 Å². The number of carbonyl (C=O) groups excluding carboxylic acids is 1. The van der Waals surface area contributed by atoms with E-state index in [2.05, 4.69) is 0 Å². The number of carbonyl (C=O) groups is 1. The molecule has 2 heterocycles. The van der Waals surface area contributed by atoms with Gasteiger partial charge in [-0.15, -0.1) is 0 Å². The van der Waals surface area contributed by atoms with Crippen LogP contribution in [0.25, 0.3) is 0 Å². The molecular weight excluding hydrogens is 418 g/mol. The van der Waals surface area contributed by atoms with E-state index in [9.17, 15) is 13.2 Å². The van der Waals surface area contributed by atoms with Crippen LogP contribution in [0.5, 0.6) is 11.5 Å². The van der Waals surface area contributed by atoms with Gasteiger partial charge in [-0.2, -0.15) is 17.0 Å². The largest absolute Gasteiger partial charge is 0.493 e. The Kier molecular flexibility index (Phi) is 7.26. The molecule has 29 heavy (non-hydrogen) atoms. The number of ether oxygens (including phenoxy) is 2. The minimum atomic E-state index is -3.48. The molecule has 2 aliphatic heterocycles. The van der Waals surface area contributed by atoms with E-state index in [0.29, 0.717) is 43.2 Å². The highest BCUT2D eigenvalue weighted by Crippen LogP contribution is 2.36. The number of halogens is 1. The molecule has 0 aliphatic carbocycles. The van der Waals surface area contributed by atoms with E-state index < -0.39 is 10.2 Å². The van der Waals surface area contributed by atoms with Crippen molar-refractivity contribution in [2.24, 2.45) is 0 Å². The predicted molar refractivity (Wildman–Crippen MR) is 111 cm³/mol. The van der Waals surface area contributed by atoms with Crippen LogP contribution in [0.3, 0.4) is 0 Å². The van der Waals surface area contributed by atoms with Crippen molar-refractivity contribution in [3.8, 4) is 11.5 Å². The second kappa shape index (κ2) is 9.51. The van der Waals surface area contributed by atoms with Crippen LogP contribution in [0.15, 0.2) is 12.1 Å². The van der Waals surface area contributed by atoms with Gasteiger partial charge in [0.15, 0.2) is 11.5 Å². The summed E-state index contributed by atoms with van der Waals surface area (Å²) >= 11 is 6.21. The molecule has 1 amide bonds. The van der Waals surface area contributed by atoms with Crippen molar-refractivity contribution < 1.29 is 22.7 Å². The van der Waals surface area contributed by atoms with Crippen LogP contribution >= 0.6 is 11.6 Å². The molecular formula is C19H28ClN3O5S. The van der Waals surface area contributed by atoms with E-state index in [1.54, 1.807) is 21.3 Å². The summed E-state index contributed by atoms with van der Waals surface area (Å²) in [7, 11) is -0.515. The number of hydrogen-bond donors (Lipinski definition) is 0. The third kappa shape index (κ3) is 4.79. The molecule has 1 aromatic carbocycles. The Morgan fingerprint density at radius 2 is 1.48 bits per heavy atom. The number of piperazine rings is 1. The number of amides is 1. The van der Waals surface area contributed by atoms with Crippen molar-refractivity contribution in [1.29, 1.82) is 0 Å². The molecule has 0 radical (unpaired) electrons. The first-order valence-electron chi connectivity index (χ1n) is 9.84. The Morgan fingerprint density at radius 1 is 0.897 bits per heavy atom. The first-order valence-corrected chi connectivity index (χ1v) is 11.6. The molecule has 0 aromatic heterocycles. The van der Waals surface area contributed by atoms with Gasteiger partial charge in [-0.3, -0.25) is 4.79 Å². The zero-order chi connectivity index (χ0) is 21.0. The molecule has 0 spiro atoms. The average Bonchev–Trinajstić information content (AvgIpc) is 3.03. The molecule has 2 aliphatic rings. The standard InChI is InChI=1S/C19H28ClN3O5S/c1-27-17-14-15(13-16(20)18(17)28-2)19(24)21-9-11-23(12-10-21)29(25,26)22-7-5-3-4-6-8-22/h13-14H,3-12H2,1-2H3. The first-order chi connectivity index (χ1) is 13.9. The Bertz CT molecular complexity index is 832. The van der Waals surface area contributed by atoms with Gasteiger partial charge in [0.1, 0.15) is 0 Å². The van der Waals surface area contributed by atoms with Crippen LogP contribution in [-0.2, 0) is 10.2 Å². The summed E-state index contributed by atoms with van der Waals surface area (Å²) in [5.74, 6) is 0.546. The Labute approximate surface area is 177 Å². The van der Waals surface area contributed by atoms with Gasteiger partial charge in [-0.25, -0.2) is 0 Å². The summed E-state index contributed by atoms with van der Waals surface area (Å²) in [6, 6.07) is 3.14. The molecule has 0 saturated carbocycles. The maximum absolute atomic E-state index is 12.9. The number of hydrogen-bond acceptors (Lipinski definition) is 5. The molecule has 0 unspecified atom stereocenters. The second-order valence-electron chi connectivity index (χ2n) is 7.21. The fourth-order valence-electron chi connectivity index (χ4n) is 3.78. The topological polar surface area (TPSA) is 79.4 Å². The molecule has 8 nitrogen and oxygen atoms in total. The highest BCUT2D eigenvalue weighted by molar-refractivity contribution is 7.86. The van der Waals surface area contributed by atoms with Gasteiger partial charge in [0.05, 0.1) is 19.2 Å². The summed E-state index contributed by atoms with van der Waals surface area (Å²) in [5.41, 5.74) is 0.386. The van der Waals surface area contributed by atoms with Gasteiger partial charge in [-0.1, -0.05) is 24.4 Å². The van der Waals surface area contributed by atoms with E-state index in [0.717, 1.165) is 25.7 Å². The molecule has 10 heteroatoms. The molecule has 1 aromatic rings. The molecule has 0 bridgehead atoms. The summed E-state index contributed by atoms with van der Waals surface area (Å²) < 4.78 is 39.4. The number of benzene rings is 1. The van der Waals surface area contributed by atoms with Gasteiger partial charge in [0, 0.05) is 44.8 Å². The Morgan fingerprint density at radius 3 is 2.03 bits per heavy atom. The normalized spacial score (nSPS) is 19.6. The zero-order valence-corrected chi connectivity index (χ0v) is 18.5. The summed E-state index contributed by atoms with van der Waals surface area (Å²) in [4.78, 5) is 14.6. The third-order valence-electron chi connectivity index (χ3n) is 5.42. The van der Waals surface area contributed by atoms with Crippen LogP contribution in [0, 0.1) is 0 Å². The lowest BCUT2D eigenvalue weighted by molar-refractivity contribution is 0.0693. The van der Waals surface area contributed by atoms with Crippen molar-refractivity contribution >= 4 is 27.7 Å². The molecule has 0 N–H and O–H groups in total. The molecule has 3 rings (SSSR count). The Balaban J connectivity index is 1.67. The lowest BCUT2D eigenvalue weighted by atomic mass is 10.1. The van der Waals surface area contributed by atoms with Crippen LogP contribution in [0.4, 0.5) is 0 Å². The van der Waals surface area contributed by atoms with E-state index in [4.69, 9.17) is 21.1 Å². The molecule has 162 valence electrons. The maximum atomic E-state index is 12.9. The minimum absolute atomic E-state index is 0.209. The molecule has 0 atom stereocenters. The van der Waals surface area contributed by atoms with Crippen LogP contribution in [-0.4, -0.2) is 81.3 Å². The second-order valence-corrected chi connectivity index (χ2v) is 9.54. The van der Waals surface area contributed by atoms with E-state index >= 15 is 0 Å². The van der Waals surface area contributed by atoms with Gasteiger partial charge < -0.3 is 14.4 Å². The van der Waals surface area contributed by atoms with Gasteiger partial charge >= 0.3 is 0 Å². The van der Waals surface area contributed by atoms with Crippen molar-refractivity contribution in [1.82, 2.24) is 13.5 Å². The number of methoxy groups -OCH3 is 2. The lowest BCUT2D eigenvalue weighted by Crippen LogP contribution is -2.54. The minimum Gasteiger partial charge on any atom is -0.493 e. The van der Waals surface area contributed by atoms with Crippen LogP contribution in [0.1, 0.15) is 36.0 Å². The third-order valence-corrected chi connectivity index (χ3v) is 7.74. The van der Waals surface area contributed by atoms with Gasteiger partial charge in [0.2, 0.25) is 0 Å². The van der Waals surface area contributed by atoms with Crippen molar-refractivity contribution in [2.75, 3.05) is 53.5 Å². The predicted octanol–water partition coefficient (Wildman–Crippen LogP) is 2.24. The van der Waals surface area contributed by atoms with E-state index in [-0.39, 0.29) is 24.0 Å². The molecule has 2 fully saturated rings. The van der Waals surface area contributed by atoms with Crippen LogP contribution < -0.4 is 9.47 Å². The number of rotatable bonds is 5. The van der Waals surface area contributed by atoms with Crippen LogP contribution in [0.2, 0.25) is 5.02 Å². The molecule has 2 saturated heterocycles. The van der Waals surface area contributed by atoms with E-state index in [1.165, 1.54) is 18.5 Å². The smallest absolute Gasteiger partial charge is 0.282 e. The van der Waals surface area contributed by atoms with Gasteiger partial charge in [0.25, 0.3) is 16.1 Å². The quantitative estimate of drug-likeness (QED) is 0.694. The maximum Gasteiger partial charge on any atom is 0.282 e. The highest BCUT2D eigenvalue weighted by atomic mass is 35.5. The van der Waals surface area contributed by atoms with E-state index in [1.807, 2.05) is 0 Å². The van der Waals surface area contributed by atoms with Crippen molar-refractivity contribution in [3.05, 3.63) is 22.7 Å². The summed E-state index contributed by atoms with van der Waals surface area (Å²) in [6.45, 7) is 2.38. The fraction of sp³-hybridized carbons (Fsp3) is 0.632. The lowest BCUT2D eigenvalue weighted by Gasteiger charge is -2.36. The monoisotopic (exact) mass is 445 g/mol.